The van der Waals surface area contributed by atoms with Gasteiger partial charge in [-0.15, -0.1) is 0 Å². The lowest BCUT2D eigenvalue weighted by molar-refractivity contribution is -0.140. The van der Waals surface area contributed by atoms with Gasteiger partial charge < -0.3 is 4.90 Å². The molecule has 2 heterocycles. The summed E-state index contributed by atoms with van der Waals surface area (Å²) in [6, 6.07) is 4.28. The summed E-state index contributed by atoms with van der Waals surface area (Å²) < 4.78 is 0. The second kappa shape index (κ2) is 5.09. The Labute approximate surface area is 161 Å². The molecule has 5 rings (SSSR count). The largest absolute Gasteiger partial charge is 0.342 e. The number of likely N-dealkylation sites (tertiary alicyclic amines) is 1. The summed E-state index contributed by atoms with van der Waals surface area (Å²) in [6.45, 7) is 12.9. The van der Waals surface area contributed by atoms with Gasteiger partial charge in [0.25, 0.3) is 0 Å². The predicted octanol–water partition coefficient (Wildman–Crippen LogP) is 4.20. The summed E-state index contributed by atoms with van der Waals surface area (Å²) in [6.07, 6.45) is 4.14. The number of nitrogens with zero attached hydrogens (tertiary/aromatic N) is 3. The van der Waals surface area contributed by atoms with E-state index in [1.165, 1.54) is 11.1 Å². The van der Waals surface area contributed by atoms with E-state index in [1.54, 1.807) is 0 Å². The number of rotatable bonds is 1. The fourth-order valence-electron chi connectivity index (χ4n) is 6.02. The first-order valence-electron chi connectivity index (χ1n) is 10.3. The van der Waals surface area contributed by atoms with Crippen molar-refractivity contribution in [3.05, 3.63) is 34.6 Å². The Morgan fingerprint density at radius 2 is 1.48 bits per heavy atom. The topological polar surface area (TPSA) is 46.1 Å². The van der Waals surface area contributed by atoms with E-state index in [0.717, 1.165) is 61.2 Å². The summed E-state index contributed by atoms with van der Waals surface area (Å²) in [5.41, 5.74) is 5.60. The van der Waals surface area contributed by atoms with Crippen LogP contribution in [0.1, 0.15) is 69.0 Å². The van der Waals surface area contributed by atoms with Crippen molar-refractivity contribution in [1.82, 2.24) is 14.9 Å². The van der Waals surface area contributed by atoms with Crippen LogP contribution in [0.15, 0.2) is 12.1 Å². The summed E-state index contributed by atoms with van der Waals surface area (Å²) in [5, 5.41) is 0. The van der Waals surface area contributed by atoms with Crippen molar-refractivity contribution < 1.29 is 4.79 Å². The van der Waals surface area contributed by atoms with Crippen molar-refractivity contribution in [1.29, 1.82) is 0 Å². The van der Waals surface area contributed by atoms with E-state index in [1.807, 2.05) is 0 Å². The average molecular weight is 364 g/mol. The van der Waals surface area contributed by atoms with E-state index in [0.29, 0.717) is 5.91 Å². The van der Waals surface area contributed by atoms with Gasteiger partial charge in [0.15, 0.2) is 0 Å². The minimum absolute atomic E-state index is 0.0995. The van der Waals surface area contributed by atoms with Crippen LogP contribution < -0.4 is 0 Å². The molecule has 4 nitrogen and oxygen atoms in total. The van der Waals surface area contributed by atoms with E-state index < -0.39 is 5.41 Å². The summed E-state index contributed by atoms with van der Waals surface area (Å²) in [5.74, 6) is 0.296. The first-order valence-corrected chi connectivity index (χ1v) is 10.3. The third-order valence-electron chi connectivity index (χ3n) is 8.41. The van der Waals surface area contributed by atoms with Crippen molar-refractivity contribution in [3.8, 4) is 0 Å². The van der Waals surface area contributed by atoms with Crippen LogP contribution in [-0.2, 0) is 15.6 Å². The van der Waals surface area contributed by atoms with Crippen LogP contribution in [0, 0.1) is 19.3 Å². The molecule has 2 aromatic rings. The van der Waals surface area contributed by atoms with Gasteiger partial charge in [-0.2, -0.15) is 0 Å². The molecule has 1 saturated heterocycles. The zero-order chi connectivity index (χ0) is 19.2. The highest BCUT2D eigenvalue weighted by Crippen LogP contribution is 2.70. The van der Waals surface area contributed by atoms with E-state index >= 15 is 0 Å². The molecule has 2 aliphatic carbocycles. The number of carbonyl (C=O) groups excluding carboxylic acids is 1. The van der Waals surface area contributed by atoms with Crippen LogP contribution in [0.5, 0.6) is 0 Å². The molecule has 1 aliphatic heterocycles. The van der Waals surface area contributed by atoms with Gasteiger partial charge in [0.05, 0.1) is 27.8 Å². The van der Waals surface area contributed by atoms with Gasteiger partial charge in [0, 0.05) is 18.5 Å². The smallest absolute Gasteiger partial charge is 0.235 e. The van der Waals surface area contributed by atoms with Gasteiger partial charge in [-0.3, -0.25) is 4.79 Å². The first kappa shape index (κ1) is 17.2. The van der Waals surface area contributed by atoms with E-state index in [4.69, 9.17) is 9.97 Å². The second-order valence-corrected chi connectivity index (χ2v) is 9.71. The van der Waals surface area contributed by atoms with Crippen LogP contribution in [0.4, 0.5) is 0 Å². The first-order chi connectivity index (χ1) is 12.7. The Kier molecular flexibility index (Phi) is 3.23. The van der Waals surface area contributed by atoms with Gasteiger partial charge in [-0.1, -0.05) is 20.8 Å². The second-order valence-electron chi connectivity index (χ2n) is 9.71. The molecule has 1 aromatic carbocycles. The molecule has 27 heavy (non-hydrogen) atoms. The minimum Gasteiger partial charge on any atom is -0.342 e. The minimum atomic E-state index is -0.526. The van der Waals surface area contributed by atoms with Gasteiger partial charge in [0.2, 0.25) is 5.91 Å². The summed E-state index contributed by atoms with van der Waals surface area (Å²) in [7, 11) is 0. The highest BCUT2D eigenvalue weighted by Gasteiger charge is 2.73. The monoisotopic (exact) mass is 363 g/mol. The molecule has 4 heteroatoms. The molecule has 1 saturated carbocycles. The van der Waals surface area contributed by atoms with E-state index in [2.05, 4.69) is 51.7 Å². The number of carbonyl (C=O) groups is 1. The fourth-order valence-corrected chi connectivity index (χ4v) is 6.02. The van der Waals surface area contributed by atoms with Crippen molar-refractivity contribution >= 4 is 16.9 Å². The van der Waals surface area contributed by atoms with Crippen LogP contribution in [0.25, 0.3) is 11.0 Å². The molecule has 3 aliphatic rings. The van der Waals surface area contributed by atoms with Gasteiger partial charge in [-0.25, -0.2) is 9.97 Å². The third-order valence-corrected chi connectivity index (χ3v) is 8.41. The predicted molar refractivity (Wildman–Crippen MR) is 107 cm³/mol. The fraction of sp³-hybridized carbons (Fsp3) is 0.609. The average Bonchev–Trinajstić information content (AvgIpc) is 3.25. The lowest BCUT2D eigenvalue weighted by Crippen LogP contribution is -2.52. The normalized spacial score (nSPS) is 30.9. The zero-order valence-electron chi connectivity index (χ0n) is 17.1. The molecule has 2 atom stereocenters. The van der Waals surface area contributed by atoms with Crippen molar-refractivity contribution in [2.75, 3.05) is 13.1 Å². The maximum atomic E-state index is 13.9. The molecule has 0 spiro atoms. The molecule has 1 aromatic heterocycles. The van der Waals surface area contributed by atoms with E-state index in [9.17, 15) is 4.79 Å². The third kappa shape index (κ3) is 1.82. The van der Waals surface area contributed by atoms with Gasteiger partial charge >= 0.3 is 0 Å². The van der Waals surface area contributed by atoms with Crippen LogP contribution in [-0.4, -0.2) is 33.9 Å². The molecule has 142 valence electrons. The standard InChI is InChI=1S/C23H29N3O/c1-14-12-16-17(13-15(14)2)25-19-18(24-16)22(5)8-9-23(19,21(22,3)4)20(27)26-10-6-7-11-26/h12-13H,6-11H2,1-5H3. The molecule has 1 amide bonds. The van der Waals surface area contributed by atoms with Crippen molar-refractivity contribution in [3.63, 3.8) is 0 Å². The van der Waals surface area contributed by atoms with Crippen molar-refractivity contribution in [2.45, 2.75) is 71.1 Å². The quantitative estimate of drug-likeness (QED) is 0.763. The molecular weight excluding hydrogens is 334 g/mol. The maximum Gasteiger partial charge on any atom is 0.235 e. The molecule has 0 radical (unpaired) electrons. The molecule has 0 N–H and O–H groups in total. The van der Waals surface area contributed by atoms with Crippen molar-refractivity contribution in [2.24, 2.45) is 5.41 Å². The van der Waals surface area contributed by atoms with Crippen LogP contribution in [0.2, 0.25) is 0 Å². The maximum absolute atomic E-state index is 13.9. The van der Waals surface area contributed by atoms with Crippen LogP contribution in [0.3, 0.4) is 0 Å². The Morgan fingerprint density at radius 1 is 0.926 bits per heavy atom. The SMILES string of the molecule is Cc1cc2nc3c(nc2cc1C)C1(C(=O)N2CCCC2)CCC3(C)C1(C)C. The molecule has 2 fully saturated rings. The number of hydrogen-bond donors (Lipinski definition) is 0. The number of aryl methyl sites for hydroxylation is 2. The van der Waals surface area contributed by atoms with Crippen LogP contribution >= 0.6 is 0 Å². The Hall–Kier alpha value is -1.97. The zero-order valence-corrected chi connectivity index (χ0v) is 17.1. The Bertz CT molecular complexity index is 989. The number of fused-ring (bicyclic) bond motifs is 6. The Balaban J connectivity index is 1.79. The van der Waals surface area contributed by atoms with E-state index in [-0.39, 0.29) is 10.8 Å². The number of aromatic nitrogens is 2. The molecular formula is C23H29N3O. The molecule has 2 unspecified atom stereocenters. The Morgan fingerprint density at radius 3 is 2.07 bits per heavy atom. The number of benzene rings is 1. The summed E-state index contributed by atoms with van der Waals surface area (Å²) >= 11 is 0. The molecule has 2 bridgehead atoms. The highest BCUT2D eigenvalue weighted by atomic mass is 16.2. The van der Waals surface area contributed by atoms with Gasteiger partial charge in [0.1, 0.15) is 0 Å². The van der Waals surface area contributed by atoms with Gasteiger partial charge in [-0.05, 0) is 68.2 Å². The lowest BCUT2D eigenvalue weighted by Gasteiger charge is -2.41. The number of amides is 1. The summed E-state index contributed by atoms with van der Waals surface area (Å²) in [4.78, 5) is 26.2. The highest BCUT2D eigenvalue weighted by molar-refractivity contribution is 5.93. The number of hydrogen-bond acceptors (Lipinski definition) is 3. The lowest BCUT2D eigenvalue weighted by atomic mass is 9.63.